The van der Waals surface area contributed by atoms with Crippen molar-refractivity contribution in [2.75, 3.05) is 50.5 Å². The van der Waals surface area contributed by atoms with Gasteiger partial charge in [-0.3, -0.25) is 4.79 Å². The molecule has 2 aliphatic rings. The summed E-state index contributed by atoms with van der Waals surface area (Å²) >= 11 is 2.76. The number of nitrogens with one attached hydrogen (secondary N) is 1. The van der Waals surface area contributed by atoms with Crippen LogP contribution in [0.25, 0.3) is 0 Å². The van der Waals surface area contributed by atoms with Crippen molar-refractivity contribution in [3.63, 3.8) is 0 Å². The van der Waals surface area contributed by atoms with Gasteiger partial charge in [0.05, 0.1) is 10.6 Å². The molecule has 0 atom stereocenters. The Bertz CT molecular complexity index is 1070. The summed E-state index contributed by atoms with van der Waals surface area (Å²) in [5, 5.41) is 12.1. The zero-order valence-corrected chi connectivity index (χ0v) is 20.3. The van der Waals surface area contributed by atoms with E-state index >= 15 is 0 Å². The van der Waals surface area contributed by atoms with Crippen molar-refractivity contribution in [1.29, 1.82) is 0 Å². The molecule has 2 aromatic rings. The Balaban J connectivity index is 1.30. The quantitative estimate of drug-likeness (QED) is 0.569. The molecule has 0 unspecified atom stereocenters. The normalized spacial score (nSPS) is 16.9. The molecule has 1 fully saturated rings. The number of fused-ring (bicyclic) bond motifs is 1. The van der Waals surface area contributed by atoms with Gasteiger partial charge in [-0.1, -0.05) is 23.1 Å². The van der Waals surface area contributed by atoms with E-state index in [1.165, 1.54) is 39.5 Å². The number of ether oxygens (including phenoxy) is 2. The monoisotopic (exact) mass is 499 g/mol. The van der Waals surface area contributed by atoms with Gasteiger partial charge >= 0.3 is 0 Å². The Morgan fingerprint density at radius 3 is 2.59 bits per heavy atom. The third kappa shape index (κ3) is 5.27. The fourth-order valence-corrected chi connectivity index (χ4v) is 6.54. The Morgan fingerprint density at radius 1 is 1.16 bits per heavy atom. The van der Waals surface area contributed by atoms with Crippen molar-refractivity contribution < 1.29 is 22.7 Å². The van der Waals surface area contributed by atoms with E-state index in [0.29, 0.717) is 37.8 Å². The minimum atomic E-state index is -3.68. The van der Waals surface area contributed by atoms with Gasteiger partial charge in [0.25, 0.3) is 0 Å². The summed E-state index contributed by atoms with van der Waals surface area (Å²) in [7, 11) is -3.68. The fourth-order valence-electron chi connectivity index (χ4n) is 3.30. The van der Waals surface area contributed by atoms with Gasteiger partial charge in [-0.15, -0.1) is 10.2 Å². The van der Waals surface area contributed by atoms with Gasteiger partial charge in [0.15, 0.2) is 15.8 Å². The molecular formula is C19H25N5O5S3. The van der Waals surface area contributed by atoms with Crippen LogP contribution < -0.4 is 14.8 Å². The second-order valence-electron chi connectivity index (χ2n) is 7.55. The maximum absolute atomic E-state index is 13.0. The Kier molecular flexibility index (Phi) is 7.08. The molecule has 2 aliphatic heterocycles. The van der Waals surface area contributed by atoms with Crippen LogP contribution in [-0.4, -0.2) is 84.9 Å². The topological polar surface area (TPSA) is 114 Å². The molecular weight excluding hydrogens is 474 g/mol. The van der Waals surface area contributed by atoms with Crippen LogP contribution in [0.15, 0.2) is 27.4 Å². The summed E-state index contributed by atoms with van der Waals surface area (Å²) in [5.74, 6) is 1.18. The Hall–Kier alpha value is -2.09. The zero-order chi connectivity index (χ0) is 22.7. The number of nitrogens with zero attached hydrogens (tertiary/aromatic N) is 4. The first-order valence-electron chi connectivity index (χ1n) is 10.2. The van der Waals surface area contributed by atoms with Gasteiger partial charge in [-0.2, -0.15) is 4.31 Å². The molecule has 1 aromatic heterocycles. The lowest BCUT2D eigenvalue weighted by Gasteiger charge is -2.34. The van der Waals surface area contributed by atoms with Crippen LogP contribution >= 0.6 is 23.1 Å². The van der Waals surface area contributed by atoms with E-state index in [0.717, 1.165) is 9.47 Å². The summed E-state index contributed by atoms with van der Waals surface area (Å²) in [6.45, 7) is 6.06. The minimum absolute atomic E-state index is 0.0417. The zero-order valence-electron chi connectivity index (χ0n) is 17.8. The maximum atomic E-state index is 13.0. The lowest BCUT2D eigenvalue weighted by Crippen LogP contribution is -2.50. The number of hydrogen-bond donors (Lipinski definition) is 1. The SMILES string of the molecule is CC(C)Nc1nnc(SCC(=O)N2CCN(S(=O)(=O)c3ccc4c(c3)OCCO4)CC2)s1. The minimum Gasteiger partial charge on any atom is -0.486 e. The highest BCUT2D eigenvalue weighted by atomic mass is 32.2. The molecule has 0 saturated carbocycles. The number of carbonyl (C=O) groups excluding carboxylic acids is 1. The van der Waals surface area contributed by atoms with Crippen LogP contribution in [0.2, 0.25) is 0 Å². The highest BCUT2D eigenvalue weighted by Gasteiger charge is 2.31. The predicted molar refractivity (Wildman–Crippen MR) is 122 cm³/mol. The van der Waals surface area contributed by atoms with E-state index in [-0.39, 0.29) is 35.7 Å². The molecule has 0 spiro atoms. The molecule has 13 heteroatoms. The van der Waals surface area contributed by atoms with Gasteiger partial charge in [0.2, 0.25) is 21.1 Å². The summed E-state index contributed by atoms with van der Waals surface area (Å²) < 4.78 is 39.2. The molecule has 4 rings (SSSR count). The van der Waals surface area contributed by atoms with Crippen molar-refractivity contribution in [2.24, 2.45) is 0 Å². The number of amides is 1. The Morgan fingerprint density at radius 2 is 1.88 bits per heavy atom. The standard InChI is InChI=1S/C19H25N5O5S3/c1-13(2)20-18-21-22-19(31-18)30-12-17(25)23-5-7-24(8-6-23)32(26,27)14-3-4-15-16(11-14)29-10-9-28-15/h3-4,11,13H,5-10,12H2,1-2H3,(H,20,21). The number of sulfonamides is 1. The summed E-state index contributed by atoms with van der Waals surface area (Å²) in [4.78, 5) is 14.4. The number of piperazine rings is 1. The van der Waals surface area contributed by atoms with Crippen molar-refractivity contribution in [3.8, 4) is 11.5 Å². The van der Waals surface area contributed by atoms with Gasteiger partial charge in [-0.05, 0) is 26.0 Å². The van der Waals surface area contributed by atoms with Crippen molar-refractivity contribution in [3.05, 3.63) is 18.2 Å². The van der Waals surface area contributed by atoms with E-state index in [4.69, 9.17) is 9.47 Å². The lowest BCUT2D eigenvalue weighted by atomic mass is 10.3. The van der Waals surface area contributed by atoms with E-state index < -0.39 is 10.0 Å². The average Bonchev–Trinajstić information content (AvgIpc) is 3.23. The van der Waals surface area contributed by atoms with E-state index in [1.807, 2.05) is 13.8 Å². The second-order valence-corrected chi connectivity index (χ2v) is 11.7. The summed E-state index contributed by atoms with van der Waals surface area (Å²) in [6.07, 6.45) is 0. The molecule has 0 radical (unpaired) electrons. The van der Waals surface area contributed by atoms with Gasteiger partial charge in [0, 0.05) is 38.3 Å². The third-order valence-corrected chi connectivity index (χ3v) is 8.75. The molecule has 0 aliphatic carbocycles. The molecule has 174 valence electrons. The van der Waals surface area contributed by atoms with Crippen molar-refractivity contribution >= 4 is 44.2 Å². The summed E-state index contributed by atoms with van der Waals surface area (Å²) in [6, 6.07) is 4.91. The number of hydrogen-bond acceptors (Lipinski definition) is 10. The molecule has 0 bridgehead atoms. The lowest BCUT2D eigenvalue weighted by molar-refractivity contribution is -0.129. The Labute approximate surface area is 195 Å². The summed E-state index contributed by atoms with van der Waals surface area (Å²) in [5.41, 5.74) is 0. The first kappa shape index (κ1) is 23.1. The average molecular weight is 500 g/mol. The first-order chi connectivity index (χ1) is 15.3. The largest absolute Gasteiger partial charge is 0.486 e. The molecule has 32 heavy (non-hydrogen) atoms. The first-order valence-corrected chi connectivity index (χ1v) is 13.5. The van der Waals surface area contributed by atoms with Gasteiger partial charge in [-0.25, -0.2) is 8.42 Å². The number of rotatable bonds is 7. The fraction of sp³-hybridized carbons (Fsp3) is 0.526. The number of anilines is 1. The second kappa shape index (κ2) is 9.81. The number of carbonyl (C=O) groups is 1. The highest BCUT2D eigenvalue weighted by Crippen LogP contribution is 2.33. The number of aromatic nitrogens is 2. The van der Waals surface area contributed by atoms with Crippen molar-refractivity contribution in [1.82, 2.24) is 19.4 Å². The molecule has 1 aromatic carbocycles. The van der Waals surface area contributed by atoms with Crippen LogP contribution in [0.5, 0.6) is 11.5 Å². The van der Waals surface area contributed by atoms with Crippen LogP contribution in [0, 0.1) is 0 Å². The molecule has 1 N–H and O–H groups in total. The van der Waals surface area contributed by atoms with Crippen LogP contribution in [0.1, 0.15) is 13.8 Å². The van der Waals surface area contributed by atoms with Crippen LogP contribution in [0.4, 0.5) is 5.13 Å². The highest BCUT2D eigenvalue weighted by molar-refractivity contribution is 8.01. The van der Waals surface area contributed by atoms with Crippen LogP contribution in [0.3, 0.4) is 0 Å². The predicted octanol–water partition coefficient (Wildman–Crippen LogP) is 1.75. The van der Waals surface area contributed by atoms with Crippen LogP contribution in [-0.2, 0) is 14.8 Å². The van der Waals surface area contributed by atoms with E-state index in [9.17, 15) is 13.2 Å². The smallest absolute Gasteiger partial charge is 0.243 e. The molecule has 3 heterocycles. The van der Waals surface area contributed by atoms with Gasteiger partial charge < -0.3 is 19.7 Å². The van der Waals surface area contributed by atoms with E-state index in [1.54, 1.807) is 11.0 Å². The molecule has 1 saturated heterocycles. The third-order valence-electron chi connectivity index (χ3n) is 4.88. The van der Waals surface area contributed by atoms with Crippen molar-refractivity contribution in [2.45, 2.75) is 29.1 Å². The molecule has 1 amide bonds. The molecule has 10 nitrogen and oxygen atoms in total. The maximum Gasteiger partial charge on any atom is 0.243 e. The van der Waals surface area contributed by atoms with Gasteiger partial charge in [0.1, 0.15) is 13.2 Å². The number of benzene rings is 1. The number of thioether (sulfide) groups is 1. The van der Waals surface area contributed by atoms with E-state index in [2.05, 4.69) is 15.5 Å².